The van der Waals surface area contributed by atoms with Crippen LogP contribution in [-0.4, -0.2) is 41.0 Å². The van der Waals surface area contributed by atoms with Crippen molar-refractivity contribution in [2.75, 3.05) is 18.8 Å². The number of rotatable bonds is 2. The van der Waals surface area contributed by atoms with Crippen LogP contribution < -0.4 is 5.73 Å². The molecule has 2 saturated heterocycles. The van der Waals surface area contributed by atoms with Crippen LogP contribution in [0.3, 0.4) is 0 Å². The van der Waals surface area contributed by atoms with E-state index in [9.17, 15) is 14.9 Å². The molecular formula is C13H14ClN3O4. The van der Waals surface area contributed by atoms with Gasteiger partial charge in [0.25, 0.3) is 11.6 Å². The molecule has 3 rings (SSSR count). The molecule has 112 valence electrons. The Bertz CT molecular complexity index is 610. The molecule has 0 saturated carbocycles. The summed E-state index contributed by atoms with van der Waals surface area (Å²) in [5.74, 6) is -0.278. The van der Waals surface area contributed by atoms with E-state index in [0.717, 1.165) is 12.8 Å². The lowest BCUT2D eigenvalue weighted by Gasteiger charge is -2.32. The smallest absolute Gasteiger partial charge is 0.294 e. The highest BCUT2D eigenvalue weighted by Gasteiger charge is 2.36. The number of fused-ring (bicyclic) bond motifs is 2. The normalized spacial score (nSPS) is 24.1. The Balaban J connectivity index is 1.89. The van der Waals surface area contributed by atoms with E-state index in [2.05, 4.69) is 0 Å². The lowest BCUT2D eigenvalue weighted by Crippen LogP contribution is -2.45. The minimum absolute atomic E-state index is 0.0174. The zero-order chi connectivity index (χ0) is 15.1. The number of nitrogen functional groups attached to an aromatic ring is 1. The Morgan fingerprint density at radius 3 is 2.57 bits per heavy atom. The first kappa shape index (κ1) is 14.1. The molecule has 2 unspecified atom stereocenters. The van der Waals surface area contributed by atoms with Gasteiger partial charge in [0.1, 0.15) is 5.69 Å². The highest BCUT2D eigenvalue weighted by atomic mass is 35.5. The first-order valence-corrected chi connectivity index (χ1v) is 7.01. The summed E-state index contributed by atoms with van der Waals surface area (Å²) >= 11 is 5.89. The number of nitrogens with zero attached hydrogens (tertiary/aromatic N) is 2. The molecule has 2 N–H and O–H groups in total. The van der Waals surface area contributed by atoms with E-state index in [1.165, 1.54) is 12.1 Å². The zero-order valence-corrected chi connectivity index (χ0v) is 11.9. The molecule has 0 aliphatic carbocycles. The van der Waals surface area contributed by atoms with Crippen molar-refractivity contribution in [1.82, 2.24) is 4.90 Å². The maximum atomic E-state index is 12.5. The summed E-state index contributed by atoms with van der Waals surface area (Å²) in [7, 11) is 0. The quantitative estimate of drug-likeness (QED) is 0.510. The minimum atomic E-state index is -0.638. The molecule has 0 radical (unpaired) electrons. The van der Waals surface area contributed by atoms with Crippen molar-refractivity contribution in [3.63, 3.8) is 0 Å². The van der Waals surface area contributed by atoms with Crippen LogP contribution in [0.15, 0.2) is 12.1 Å². The SMILES string of the molecule is Nc1c(Cl)cc(C(=O)N2CC3CCC(C2)O3)cc1[N+](=O)[O-]. The largest absolute Gasteiger partial charge is 0.392 e. The lowest BCUT2D eigenvalue weighted by atomic mass is 10.1. The highest BCUT2D eigenvalue weighted by Crippen LogP contribution is 2.32. The summed E-state index contributed by atoms with van der Waals surface area (Å²) in [6.45, 7) is 1.01. The molecule has 2 aliphatic heterocycles. The van der Waals surface area contributed by atoms with Gasteiger partial charge in [-0.2, -0.15) is 0 Å². The van der Waals surface area contributed by atoms with Crippen LogP contribution in [0.1, 0.15) is 23.2 Å². The van der Waals surface area contributed by atoms with Gasteiger partial charge in [-0.15, -0.1) is 0 Å². The van der Waals surface area contributed by atoms with E-state index in [0.29, 0.717) is 13.1 Å². The average molecular weight is 312 g/mol. The number of nitro groups is 1. The fourth-order valence-corrected chi connectivity index (χ4v) is 3.06. The van der Waals surface area contributed by atoms with E-state index in [4.69, 9.17) is 22.1 Å². The number of carbonyl (C=O) groups excluding carboxylic acids is 1. The molecule has 0 aromatic heterocycles. The second-order valence-electron chi connectivity index (χ2n) is 5.32. The van der Waals surface area contributed by atoms with Gasteiger partial charge in [0.2, 0.25) is 0 Å². The molecule has 8 heteroatoms. The Hall–Kier alpha value is -1.86. The van der Waals surface area contributed by atoms with Gasteiger partial charge in [0.05, 0.1) is 22.2 Å². The number of halogens is 1. The van der Waals surface area contributed by atoms with E-state index in [1.807, 2.05) is 0 Å². The van der Waals surface area contributed by atoms with Crippen molar-refractivity contribution in [2.45, 2.75) is 25.0 Å². The van der Waals surface area contributed by atoms with Crippen LogP contribution in [0, 0.1) is 10.1 Å². The van der Waals surface area contributed by atoms with E-state index in [-0.39, 0.29) is 40.1 Å². The molecule has 0 spiro atoms. The van der Waals surface area contributed by atoms with Gasteiger partial charge >= 0.3 is 0 Å². The molecular weight excluding hydrogens is 298 g/mol. The summed E-state index contributed by atoms with van der Waals surface area (Å²) in [5.41, 5.74) is 5.28. The molecule has 1 aromatic rings. The lowest BCUT2D eigenvalue weighted by molar-refractivity contribution is -0.383. The maximum absolute atomic E-state index is 12.5. The first-order chi connectivity index (χ1) is 9.95. The maximum Gasteiger partial charge on any atom is 0.294 e. The molecule has 21 heavy (non-hydrogen) atoms. The van der Waals surface area contributed by atoms with Gasteiger partial charge in [-0.05, 0) is 18.9 Å². The summed E-state index contributed by atoms with van der Waals surface area (Å²) in [5, 5.41) is 11.0. The second-order valence-corrected chi connectivity index (χ2v) is 5.72. The predicted octanol–water partition coefficient (Wildman–Crippen LogP) is 1.83. The third-order valence-corrected chi connectivity index (χ3v) is 4.19. The third-order valence-electron chi connectivity index (χ3n) is 3.88. The monoisotopic (exact) mass is 311 g/mol. The molecule has 2 atom stereocenters. The number of carbonyl (C=O) groups is 1. The van der Waals surface area contributed by atoms with Gasteiger partial charge in [0, 0.05) is 24.7 Å². The number of hydrogen-bond acceptors (Lipinski definition) is 5. The van der Waals surface area contributed by atoms with E-state index < -0.39 is 4.92 Å². The Morgan fingerprint density at radius 2 is 2.00 bits per heavy atom. The fraction of sp³-hybridized carbons (Fsp3) is 0.462. The fourth-order valence-electron chi connectivity index (χ4n) is 2.84. The molecule has 2 bridgehead atoms. The third kappa shape index (κ3) is 2.54. The van der Waals surface area contributed by atoms with Gasteiger partial charge < -0.3 is 15.4 Å². The molecule has 7 nitrogen and oxygen atoms in total. The molecule has 1 aromatic carbocycles. The van der Waals surface area contributed by atoms with Crippen molar-refractivity contribution in [2.24, 2.45) is 0 Å². The predicted molar refractivity (Wildman–Crippen MR) is 76.3 cm³/mol. The number of ether oxygens (including phenoxy) is 1. The summed E-state index contributed by atoms with van der Waals surface area (Å²) in [6, 6.07) is 2.56. The molecule has 2 aliphatic rings. The van der Waals surface area contributed by atoms with Crippen LogP contribution in [0.4, 0.5) is 11.4 Å². The van der Waals surface area contributed by atoms with Crippen molar-refractivity contribution in [3.8, 4) is 0 Å². The number of hydrogen-bond donors (Lipinski definition) is 1. The Morgan fingerprint density at radius 1 is 1.38 bits per heavy atom. The summed E-state index contributed by atoms with van der Waals surface area (Å²) < 4.78 is 5.67. The van der Waals surface area contributed by atoms with Crippen molar-refractivity contribution < 1.29 is 14.5 Å². The van der Waals surface area contributed by atoms with Gasteiger partial charge in [-0.1, -0.05) is 11.6 Å². The van der Waals surface area contributed by atoms with Gasteiger partial charge in [-0.25, -0.2) is 0 Å². The van der Waals surface area contributed by atoms with Gasteiger partial charge in [-0.3, -0.25) is 14.9 Å². The van der Waals surface area contributed by atoms with Gasteiger partial charge in [0.15, 0.2) is 0 Å². The number of morpholine rings is 1. The van der Waals surface area contributed by atoms with Crippen molar-refractivity contribution in [1.29, 1.82) is 0 Å². The molecule has 2 fully saturated rings. The number of nitro benzene ring substituents is 1. The van der Waals surface area contributed by atoms with Crippen LogP contribution in [-0.2, 0) is 4.74 Å². The van der Waals surface area contributed by atoms with E-state index in [1.54, 1.807) is 4.90 Å². The van der Waals surface area contributed by atoms with E-state index >= 15 is 0 Å². The minimum Gasteiger partial charge on any atom is -0.392 e. The van der Waals surface area contributed by atoms with Crippen LogP contribution in [0.5, 0.6) is 0 Å². The average Bonchev–Trinajstić information content (AvgIpc) is 2.79. The Kier molecular flexibility index (Phi) is 3.46. The van der Waals surface area contributed by atoms with Crippen LogP contribution in [0.2, 0.25) is 5.02 Å². The number of nitrogens with two attached hydrogens (primary N) is 1. The first-order valence-electron chi connectivity index (χ1n) is 6.64. The van der Waals surface area contributed by atoms with Crippen LogP contribution in [0.25, 0.3) is 0 Å². The summed E-state index contributed by atoms with van der Waals surface area (Å²) in [4.78, 5) is 24.5. The molecule has 1 amide bonds. The number of amides is 1. The number of benzene rings is 1. The summed E-state index contributed by atoms with van der Waals surface area (Å²) in [6.07, 6.45) is 2.01. The van der Waals surface area contributed by atoms with Crippen LogP contribution >= 0.6 is 11.6 Å². The van der Waals surface area contributed by atoms with Crippen molar-refractivity contribution in [3.05, 3.63) is 32.8 Å². The van der Waals surface area contributed by atoms with Crippen molar-refractivity contribution >= 4 is 28.9 Å². The topological polar surface area (TPSA) is 98.7 Å². The second kappa shape index (κ2) is 5.16. The Labute approximate surface area is 125 Å². The molecule has 2 heterocycles. The zero-order valence-electron chi connectivity index (χ0n) is 11.1. The standard InChI is InChI=1S/C13H14ClN3O4/c14-10-3-7(4-11(12(10)15)17(19)20)13(18)16-5-8-1-2-9(6-16)21-8/h3-4,8-9H,1-2,5-6,15H2. The highest BCUT2D eigenvalue weighted by molar-refractivity contribution is 6.34. The number of likely N-dealkylation sites (tertiary alicyclic amines) is 1. The number of anilines is 1.